The van der Waals surface area contributed by atoms with Crippen LogP contribution in [-0.2, 0) is 4.79 Å². The molecule has 5 heteroatoms. The molecule has 0 unspecified atom stereocenters. The smallest absolute Gasteiger partial charge is 0.321 e. The molecule has 1 fully saturated rings. The van der Waals surface area contributed by atoms with Gasteiger partial charge in [0, 0.05) is 6.54 Å². The highest BCUT2D eigenvalue weighted by Crippen LogP contribution is 2.02. The third kappa shape index (κ3) is 6.26. The molecule has 0 radical (unpaired) electrons. The molecule has 1 heterocycles. The number of amides is 3. The first-order valence-corrected chi connectivity index (χ1v) is 6.63. The highest BCUT2D eigenvalue weighted by atomic mass is 16.2. The zero-order valence-electron chi connectivity index (χ0n) is 10.7. The first-order chi connectivity index (χ1) is 8.22. The third-order valence-corrected chi connectivity index (χ3v) is 3.06. The normalized spacial score (nSPS) is 17.9. The molecule has 0 aromatic carbocycles. The number of likely N-dealkylation sites (tertiary alicyclic amines) is 1. The van der Waals surface area contributed by atoms with Crippen LogP contribution in [0.2, 0.25) is 0 Å². The van der Waals surface area contributed by atoms with Crippen LogP contribution in [0.3, 0.4) is 0 Å². The minimum atomic E-state index is -0.385. The zero-order valence-corrected chi connectivity index (χ0v) is 10.7. The Labute approximate surface area is 103 Å². The summed E-state index contributed by atoms with van der Waals surface area (Å²) in [6, 6.07) is -0.385. The van der Waals surface area contributed by atoms with Gasteiger partial charge in [-0.2, -0.15) is 0 Å². The van der Waals surface area contributed by atoms with Gasteiger partial charge in [-0.15, -0.1) is 0 Å². The number of hydrogen-bond acceptors (Lipinski definition) is 2. The lowest BCUT2D eigenvalue weighted by Gasteiger charge is -2.20. The van der Waals surface area contributed by atoms with Gasteiger partial charge in [0.1, 0.15) is 0 Å². The van der Waals surface area contributed by atoms with Crippen LogP contribution in [0.4, 0.5) is 4.79 Å². The van der Waals surface area contributed by atoms with Crippen LogP contribution in [-0.4, -0.2) is 38.1 Å². The van der Waals surface area contributed by atoms with Crippen molar-refractivity contribution in [1.29, 1.82) is 0 Å². The summed E-state index contributed by atoms with van der Waals surface area (Å²) in [6.45, 7) is 4.87. The Kier molecular flexibility index (Phi) is 6.62. The largest absolute Gasteiger partial charge is 0.338 e. The molecule has 1 saturated heterocycles. The number of rotatable bonds is 3. The fourth-order valence-electron chi connectivity index (χ4n) is 2.18. The van der Waals surface area contributed by atoms with Crippen molar-refractivity contribution >= 4 is 11.9 Å². The van der Waals surface area contributed by atoms with Crippen molar-refractivity contribution < 1.29 is 14.5 Å². The molecule has 0 atom stereocenters. The van der Waals surface area contributed by atoms with Gasteiger partial charge in [0.2, 0.25) is 0 Å². The molecular formula is C12H24N3O2+. The van der Waals surface area contributed by atoms with Gasteiger partial charge in [0.25, 0.3) is 5.91 Å². The SMILES string of the molecule is CCNC(=O)NC(=O)C[NH+]1CCCCCCC1. The predicted octanol–water partition coefficient (Wildman–Crippen LogP) is -0.319. The number of urea groups is 1. The summed E-state index contributed by atoms with van der Waals surface area (Å²) in [5, 5.41) is 4.91. The molecule has 0 aromatic heterocycles. The molecule has 0 aliphatic carbocycles. The lowest BCUT2D eigenvalue weighted by molar-refractivity contribution is -0.893. The molecule has 1 aliphatic heterocycles. The van der Waals surface area contributed by atoms with Gasteiger partial charge in [0.05, 0.1) is 13.1 Å². The van der Waals surface area contributed by atoms with E-state index in [0.29, 0.717) is 13.1 Å². The maximum atomic E-state index is 11.6. The summed E-state index contributed by atoms with van der Waals surface area (Å²) in [6.07, 6.45) is 6.22. The van der Waals surface area contributed by atoms with Gasteiger partial charge in [-0.1, -0.05) is 6.42 Å². The van der Waals surface area contributed by atoms with E-state index in [1.807, 2.05) is 6.92 Å². The number of carbonyl (C=O) groups excluding carboxylic acids is 2. The fourth-order valence-corrected chi connectivity index (χ4v) is 2.18. The predicted molar refractivity (Wildman–Crippen MR) is 65.9 cm³/mol. The van der Waals surface area contributed by atoms with Gasteiger partial charge < -0.3 is 10.2 Å². The second-order valence-electron chi connectivity index (χ2n) is 4.60. The molecule has 0 aromatic rings. The summed E-state index contributed by atoms with van der Waals surface area (Å²) in [5.41, 5.74) is 0. The molecular weight excluding hydrogens is 218 g/mol. The Morgan fingerprint density at radius 1 is 1.06 bits per heavy atom. The molecule has 98 valence electrons. The van der Waals surface area contributed by atoms with Crippen LogP contribution in [0.1, 0.15) is 39.0 Å². The van der Waals surface area contributed by atoms with Crippen LogP contribution in [0.15, 0.2) is 0 Å². The summed E-state index contributed by atoms with van der Waals surface area (Å²) in [4.78, 5) is 24.1. The van der Waals surface area contributed by atoms with Crippen molar-refractivity contribution in [2.45, 2.75) is 39.0 Å². The number of carbonyl (C=O) groups is 2. The van der Waals surface area contributed by atoms with E-state index in [1.54, 1.807) is 0 Å². The summed E-state index contributed by atoms with van der Waals surface area (Å²) < 4.78 is 0. The quantitative estimate of drug-likeness (QED) is 0.635. The highest BCUT2D eigenvalue weighted by Gasteiger charge is 2.16. The average molecular weight is 242 g/mol. The molecule has 1 rings (SSSR count). The van der Waals surface area contributed by atoms with E-state index < -0.39 is 0 Å². The molecule has 0 bridgehead atoms. The lowest BCUT2D eigenvalue weighted by atomic mass is 10.1. The van der Waals surface area contributed by atoms with Crippen molar-refractivity contribution in [2.75, 3.05) is 26.2 Å². The maximum absolute atomic E-state index is 11.6. The lowest BCUT2D eigenvalue weighted by Crippen LogP contribution is -3.13. The molecule has 1 aliphatic rings. The topological polar surface area (TPSA) is 62.6 Å². The van der Waals surface area contributed by atoms with E-state index in [2.05, 4.69) is 10.6 Å². The van der Waals surface area contributed by atoms with Crippen LogP contribution in [0.5, 0.6) is 0 Å². The molecule has 3 N–H and O–H groups in total. The standard InChI is InChI=1S/C12H23N3O2/c1-2-13-12(17)14-11(16)10-15-8-6-4-3-5-7-9-15/h2-10H2,1H3,(H2,13,14,16,17)/p+1. The first-order valence-electron chi connectivity index (χ1n) is 6.63. The van der Waals surface area contributed by atoms with Crippen LogP contribution < -0.4 is 15.5 Å². The molecule has 5 nitrogen and oxygen atoms in total. The highest BCUT2D eigenvalue weighted by molar-refractivity contribution is 5.94. The molecule has 0 spiro atoms. The van der Waals surface area contributed by atoms with Gasteiger partial charge in [-0.05, 0) is 32.6 Å². The second-order valence-corrected chi connectivity index (χ2v) is 4.60. The monoisotopic (exact) mass is 242 g/mol. The Morgan fingerprint density at radius 3 is 2.24 bits per heavy atom. The number of imide groups is 1. The molecule has 3 amide bonds. The average Bonchev–Trinajstić information content (AvgIpc) is 2.22. The van der Waals surface area contributed by atoms with Crippen molar-refractivity contribution in [2.24, 2.45) is 0 Å². The Bertz CT molecular complexity index is 248. The molecule has 0 saturated carbocycles. The Morgan fingerprint density at radius 2 is 1.65 bits per heavy atom. The number of quaternary nitrogens is 1. The van der Waals surface area contributed by atoms with Gasteiger partial charge in [-0.25, -0.2) is 4.79 Å². The van der Waals surface area contributed by atoms with Crippen LogP contribution in [0.25, 0.3) is 0 Å². The second kappa shape index (κ2) is 8.06. The van der Waals surface area contributed by atoms with E-state index >= 15 is 0 Å². The van der Waals surface area contributed by atoms with Crippen molar-refractivity contribution in [3.05, 3.63) is 0 Å². The summed E-state index contributed by atoms with van der Waals surface area (Å²) >= 11 is 0. The maximum Gasteiger partial charge on any atom is 0.321 e. The number of nitrogens with one attached hydrogen (secondary N) is 3. The summed E-state index contributed by atoms with van der Waals surface area (Å²) in [5.74, 6) is -0.175. The Balaban J connectivity index is 2.25. The fraction of sp³-hybridized carbons (Fsp3) is 0.833. The van der Waals surface area contributed by atoms with Gasteiger partial charge in [-0.3, -0.25) is 10.1 Å². The third-order valence-electron chi connectivity index (χ3n) is 3.06. The van der Waals surface area contributed by atoms with Crippen LogP contribution in [0, 0.1) is 0 Å². The van der Waals surface area contributed by atoms with E-state index in [0.717, 1.165) is 13.1 Å². The Hall–Kier alpha value is -1.10. The van der Waals surface area contributed by atoms with Crippen molar-refractivity contribution in [1.82, 2.24) is 10.6 Å². The zero-order chi connectivity index (χ0) is 12.5. The first kappa shape index (κ1) is 14.0. The number of hydrogen-bond donors (Lipinski definition) is 3. The molecule has 17 heavy (non-hydrogen) atoms. The van der Waals surface area contributed by atoms with E-state index in [4.69, 9.17) is 0 Å². The summed E-state index contributed by atoms with van der Waals surface area (Å²) in [7, 11) is 0. The van der Waals surface area contributed by atoms with Gasteiger partial charge >= 0.3 is 6.03 Å². The van der Waals surface area contributed by atoms with E-state index in [-0.39, 0.29) is 11.9 Å². The van der Waals surface area contributed by atoms with E-state index in [9.17, 15) is 9.59 Å². The van der Waals surface area contributed by atoms with E-state index in [1.165, 1.54) is 37.0 Å². The minimum absolute atomic E-state index is 0.175. The van der Waals surface area contributed by atoms with Crippen LogP contribution >= 0.6 is 0 Å². The van der Waals surface area contributed by atoms with Gasteiger partial charge in [0.15, 0.2) is 6.54 Å². The van der Waals surface area contributed by atoms with Crippen molar-refractivity contribution in [3.8, 4) is 0 Å². The van der Waals surface area contributed by atoms with Crippen molar-refractivity contribution in [3.63, 3.8) is 0 Å². The minimum Gasteiger partial charge on any atom is -0.338 e.